The molecule has 0 aromatic carbocycles. The number of aromatic amines is 1. The van der Waals surface area contributed by atoms with Crippen molar-refractivity contribution in [2.45, 2.75) is 51.5 Å². The number of alkyl carbamates (subject to hydrolysis) is 1. The van der Waals surface area contributed by atoms with Gasteiger partial charge in [0.1, 0.15) is 5.65 Å². The molecule has 30 heavy (non-hydrogen) atoms. The Balaban J connectivity index is 1.52. The van der Waals surface area contributed by atoms with Crippen molar-refractivity contribution in [2.24, 2.45) is 5.92 Å². The highest BCUT2D eigenvalue weighted by Gasteiger charge is 2.31. The van der Waals surface area contributed by atoms with Gasteiger partial charge in [0.25, 0.3) is 0 Å². The van der Waals surface area contributed by atoms with Gasteiger partial charge in [-0.05, 0) is 48.0 Å². The molecule has 2 aromatic rings. The maximum absolute atomic E-state index is 12.3. The molecule has 4 rings (SSSR count). The monoisotopic (exact) mass is 477 g/mol. The Hall–Kier alpha value is -2.29. The maximum Gasteiger partial charge on any atom is 0.407 e. The first-order valence-electron chi connectivity index (χ1n) is 10.7. The summed E-state index contributed by atoms with van der Waals surface area (Å²) in [4.78, 5) is 34.3. The van der Waals surface area contributed by atoms with Crippen molar-refractivity contribution in [3.05, 3.63) is 16.9 Å². The van der Waals surface area contributed by atoms with E-state index in [0.717, 1.165) is 72.0 Å². The summed E-state index contributed by atoms with van der Waals surface area (Å²) in [5, 5.41) is 6.95. The number of fused-ring (bicyclic) bond motifs is 1. The number of halogens is 1. The Morgan fingerprint density at radius 1 is 1.37 bits per heavy atom. The SMILES string of the molecule is CCCCOC(=O)NC1CCCN(c2c(Br)cnc3[nH]cc(NC(=O)C4CC4)c23)C1. The molecule has 1 aliphatic carbocycles. The Bertz CT molecular complexity index is 927. The van der Waals surface area contributed by atoms with Gasteiger partial charge in [-0.3, -0.25) is 4.79 Å². The molecule has 0 radical (unpaired) electrons. The molecular weight excluding hydrogens is 450 g/mol. The number of piperidine rings is 1. The minimum atomic E-state index is -0.353. The number of ether oxygens (including phenoxy) is 1. The number of nitrogens with zero attached hydrogens (tertiary/aromatic N) is 2. The van der Waals surface area contributed by atoms with Gasteiger partial charge in [-0.2, -0.15) is 0 Å². The lowest BCUT2D eigenvalue weighted by Crippen LogP contribution is -2.48. The van der Waals surface area contributed by atoms with Crippen LogP contribution in [0.25, 0.3) is 11.0 Å². The van der Waals surface area contributed by atoms with E-state index in [2.05, 4.69) is 48.4 Å². The van der Waals surface area contributed by atoms with Gasteiger partial charge >= 0.3 is 6.09 Å². The van der Waals surface area contributed by atoms with Gasteiger partial charge in [-0.25, -0.2) is 9.78 Å². The molecule has 8 nitrogen and oxygen atoms in total. The van der Waals surface area contributed by atoms with E-state index in [9.17, 15) is 9.59 Å². The van der Waals surface area contributed by atoms with E-state index >= 15 is 0 Å². The number of anilines is 2. The fourth-order valence-corrected chi connectivity index (χ4v) is 4.41. The van der Waals surface area contributed by atoms with Crippen LogP contribution in [-0.2, 0) is 9.53 Å². The number of nitrogens with one attached hydrogen (secondary N) is 3. The Morgan fingerprint density at radius 3 is 2.97 bits per heavy atom. The molecule has 1 atom stereocenters. The number of hydrogen-bond acceptors (Lipinski definition) is 5. The maximum atomic E-state index is 12.3. The summed E-state index contributed by atoms with van der Waals surface area (Å²) in [5.41, 5.74) is 2.46. The molecule has 2 amide bonds. The number of aromatic nitrogens is 2. The molecule has 2 aliphatic rings. The van der Waals surface area contributed by atoms with Crippen LogP contribution in [0.5, 0.6) is 0 Å². The topological polar surface area (TPSA) is 99.3 Å². The zero-order valence-corrected chi connectivity index (χ0v) is 18.8. The van der Waals surface area contributed by atoms with Crippen molar-refractivity contribution in [3.63, 3.8) is 0 Å². The summed E-state index contributed by atoms with van der Waals surface area (Å²) in [5.74, 6) is 0.190. The standard InChI is InChI=1S/C21H28BrN5O3/c1-2-3-9-30-21(29)25-14-5-4-8-27(12-14)18-15(22)10-23-19-17(18)16(11-24-19)26-20(28)13-6-7-13/h10-11,13-14H,2-9,12H2,1H3,(H,23,24)(H,25,29)(H,26,28). The van der Waals surface area contributed by atoms with Crippen LogP contribution in [0.1, 0.15) is 45.4 Å². The van der Waals surface area contributed by atoms with Crippen LogP contribution in [0.15, 0.2) is 16.9 Å². The number of unbranched alkanes of at least 4 members (excludes halogenated alkanes) is 1. The number of hydrogen-bond donors (Lipinski definition) is 3. The smallest absolute Gasteiger partial charge is 0.407 e. The van der Waals surface area contributed by atoms with E-state index in [1.807, 2.05) is 0 Å². The minimum absolute atomic E-state index is 0.00596. The van der Waals surface area contributed by atoms with Gasteiger partial charge in [0.15, 0.2) is 0 Å². The lowest BCUT2D eigenvalue weighted by atomic mass is 10.0. The fourth-order valence-electron chi connectivity index (χ4n) is 3.86. The van der Waals surface area contributed by atoms with Gasteiger partial charge in [0.05, 0.1) is 27.8 Å². The van der Waals surface area contributed by atoms with E-state index < -0.39 is 0 Å². The zero-order valence-electron chi connectivity index (χ0n) is 17.2. The van der Waals surface area contributed by atoms with Crippen LogP contribution in [0.2, 0.25) is 0 Å². The van der Waals surface area contributed by atoms with Crippen LogP contribution in [0.3, 0.4) is 0 Å². The predicted octanol–water partition coefficient (Wildman–Crippen LogP) is 4.17. The summed E-state index contributed by atoms with van der Waals surface area (Å²) >= 11 is 3.65. The Labute approximate surface area is 184 Å². The van der Waals surface area contributed by atoms with Gasteiger partial charge in [0.2, 0.25) is 5.91 Å². The van der Waals surface area contributed by atoms with Gasteiger partial charge in [-0.1, -0.05) is 13.3 Å². The molecule has 0 spiro atoms. The average Bonchev–Trinajstić information content (AvgIpc) is 3.51. The fraction of sp³-hybridized carbons (Fsp3) is 0.571. The molecule has 3 heterocycles. The first-order chi connectivity index (χ1) is 14.6. The highest BCUT2D eigenvalue weighted by molar-refractivity contribution is 9.10. The van der Waals surface area contributed by atoms with E-state index in [4.69, 9.17) is 4.74 Å². The molecule has 9 heteroatoms. The first-order valence-corrected chi connectivity index (χ1v) is 11.5. The van der Waals surface area contributed by atoms with E-state index in [1.54, 1.807) is 12.4 Å². The third-order valence-corrected chi connectivity index (χ3v) is 6.21. The van der Waals surface area contributed by atoms with Gasteiger partial charge < -0.3 is 25.3 Å². The quantitative estimate of drug-likeness (QED) is 0.519. The van der Waals surface area contributed by atoms with Crippen molar-refractivity contribution >= 4 is 50.3 Å². The molecule has 2 fully saturated rings. The summed E-state index contributed by atoms with van der Waals surface area (Å²) in [6.07, 6.45) is 8.85. The first kappa shape index (κ1) is 21.0. The third kappa shape index (κ3) is 4.71. The second-order valence-electron chi connectivity index (χ2n) is 8.06. The number of pyridine rings is 1. The zero-order chi connectivity index (χ0) is 21.1. The summed E-state index contributed by atoms with van der Waals surface area (Å²) in [6, 6.07) is 0.00596. The molecule has 1 aliphatic heterocycles. The lowest BCUT2D eigenvalue weighted by Gasteiger charge is -2.35. The van der Waals surface area contributed by atoms with E-state index in [-0.39, 0.29) is 24.0 Å². The Kier molecular flexibility index (Phi) is 6.46. The summed E-state index contributed by atoms with van der Waals surface area (Å²) in [7, 11) is 0. The third-order valence-electron chi connectivity index (χ3n) is 5.63. The molecule has 1 unspecified atom stereocenters. The number of amides is 2. The normalized spacial score (nSPS) is 19.0. The van der Waals surface area contributed by atoms with Crippen LogP contribution in [0, 0.1) is 5.92 Å². The van der Waals surface area contributed by atoms with Crippen molar-refractivity contribution in [1.82, 2.24) is 15.3 Å². The van der Waals surface area contributed by atoms with Crippen LogP contribution >= 0.6 is 15.9 Å². The van der Waals surface area contributed by atoms with Crippen LogP contribution in [-0.4, -0.2) is 47.7 Å². The largest absolute Gasteiger partial charge is 0.450 e. The summed E-state index contributed by atoms with van der Waals surface area (Å²) < 4.78 is 6.12. The molecule has 3 N–H and O–H groups in total. The van der Waals surface area contributed by atoms with Gasteiger partial charge in [-0.15, -0.1) is 0 Å². The summed E-state index contributed by atoms with van der Waals surface area (Å²) in [6.45, 7) is 4.04. The van der Waals surface area contributed by atoms with Crippen molar-refractivity contribution in [2.75, 3.05) is 29.9 Å². The minimum Gasteiger partial charge on any atom is -0.450 e. The molecule has 1 saturated carbocycles. The highest BCUT2D eigenvalue weighted by Crippen LogP contribution is 2.40. The van der Waals surface area contributed by atoms with Crippen molar-refractivity contribution in [1.29, 1.82) is 0 Å². The molecule has 162 valence electrons. The van der Waals surface area contributed by atoms with Crippen LogP contribution < -0.4 is 15.5 Å². The molecule has 2 aromatic heterocycles. The highest BCUT2D eigenvalue weighted by atomic mass is 79.9. The van der Waals surface area contributed by atoms with Gasteiger partial charge in [0, 0.05) is 37.4 Å². The second kappa shape index (κ2) is 9.24. The molecular formula is C21H28BrN5O3. The average molecular weight is 478 g/mol. The lowest BCUT2D eigenvalue weighted by molar-refractivity contribution is -0.117. The van der Waals surface area contributed by atoms with Crippen LogP contribution in [0.4, 0.5) is 16.2 Å². The number of rotatable bonds is 7. The number of H-pyrrole nitrogens is 1. The predicted molar refractivity (Wildman–Crippen MR) is 120 cm³/mol. The Morgan fingerprint density at radius 2 is 2.20 bits per heavy atom. The molecule has 1 saturated heterocycles. The van der Waals surface area contributed by atoms with Crippen molar-refractivity contribution < 1.29 is 14.3 Å². The number of carbonyl (C=O) groups excluding carboxylic acids is 2. The van der Waals surface area contributed by atoms with Crippen molar-refractivity contribution in [3.8, 4) is 0 Å². The van der Waals surface area contributed by atoms with E-state index in [1.165, 1.54) is 0 Å². The number of carbonyl (C=O) groups is 2. The molecule has 0 bridgehead atoms. The van der Waals surface area contributed by atoms with E-state index in [0.29, 0.717) is 13.2 Å². The second-order valence-corrected chi connectivity index (χ2v) is 8.92.